The van der Waals surface area contributed by atoms with E-state index in [4.69, 9.17) is 13.9 Å². The van der Waals surface area contributed by atoms with E-state index in [0.717, 1.165) is 0 Å². The highest BCUT2D eigenvalue weighted by atomic mass is 28.4. The maximum absolute atomic E-state index is 12.3. The summed E-state index contributed by atoms with van der Waals surface area (Å²) in [6, 6.07) is 0. The van der Waals surface area contributed by atoms with Gasteiger partial charge < -0.3 is 13.9 Å². The van der Waals surface area contributed by atoms with Crippen LogP contribution >= 0.6 is 0 Å². The van der Waals surface area contributed by atoms with Gasteiger partial charge in [0.2, 0.25) is 0 Å². The summed E-state index contributed by atoms with van der Waals surface area (Å²) in [6.45, 7) is 10.7. The first-order chi connectivity index (χ1) is 10.1. The fraction of sp³-hybridized carbons (Fsp3) is 0.750. The number of ether oxygens (including phenoxy) is 2. The van der Waals surface area contributed by atoms with E-state index in [1.54, 1.807) is 0 Å². The van der Waals surface area contributed by atoms with Crippen LogP contribution in [-0.4, -0.2) is 33.5 Å². The molecular formula is C16H26O5Si. The van der Waals surface area contributed by atoms with Crippen molar-refractivity contribution in [3.05, 3.63) is 11.8 Å². The van der Waals surface area contributed by atoms with Crippen LogP contribution in [0, 0.1) is 11.8 Å². The van der Waals surface area contributed by atoms with Crippen molar-refractivity contribution in [1.82, 2.24) is 0 Å². The lowest BCUT2D eigenvalue weighted by Crippen LogP contribution is -2.49. The summed E-state index contributed by atoms with van der Waals surface area (Å²) in [4.78, 5) is 24.1. The molecule has 1 heterocycles. The minimum absolute atomic E-state index is 0.0276. The molecule has 0 radical (unpaired) electrons. The van der Waals surface area contributed by atoms with Gasteiger partial charge in [-0.1, -0.05) is 20.8 Å². The third-order valence-corrected chi connectivity index (χ3v) is 9.60. The Labute approximate surface area is 133 Å². The number of hydrogen-bond donors (Lipinski definition) is 0. The Kier molecular flexibility index (Phi) is 4.55. The number of hydrogen-bond acceptors (Lipinski definition) is 5. The average molecular weight is 326 g/mol. The number of carbonyl (C=O) groups excluding carboxylic acids is 2. The Hall–Kier alpha value is -1.14. The van der Waals surface area contributed by atoms with Crippen LogP contribution in [0.2, 0.25) is 18.1 Å². The molecule has 2 aliphatic rings. The molecule has 0 aromatic rings. The summed E-state index contributed by atoms with van der Waals surface area (Å²) in [5.74, 6) is -0.851. The summed E-state index contributed by atoms with van der Waals surface area (Å²) < 4.78 is 16.7. The van der Waals surface area contributed by atoms with Gasteiger partial charge in [0, 0.05) is 12.3 Å². The highest BCUT2D eigenvalue weighted by Gasteiger charge is 2.51. The third-order valence-electron chi connectivity index (χ3n) is 5.17. The third kappa shape index (κ3) is 2.99. The minimum Gasteiger partial charge on any atom is -0.472 e. The van der Waals surface area contributed by atoms with Gasteiger partial charge in [-0.2, -0.15) is 0 Å². The number of Topliss-reactive ketones (excluding diaryl/α,β-unsaturated/α-hetero) is 1. The standard InChI is InChI=1S/C16H26O5Si/c1-16(2,3)22(5,6)21-15-13-10(7-8-12(13)17)11(9-20-15)14(18)19-4/h9-10,13,15H,7-8H2,1-6H3/t10-,13+,15?/m1/s1. The summed E-state index contributed by atoms with van der Waals surface area (Å²) >= 11 is 0. The van der Waals surface area contributed by atoms with Crippen LogP contribution in [0.1, 0.15) is 33.6 Å². The Morgan fingerprint density at radius 2 is 2.00 bits per heavy atom. The zero-order valence-corrected chi connectivity index (χ0v) is 15.3. The van der Waals surface area contributed by atoms with E-state index >= 15 is 0 Å². The van der Waals surface area contributed by atoms with Gasteiger partial charge in [0.05, 0.1) is 24.9 Å². The van der Waals surface area contributed by atoms with Gasteiger partial charge in [-0.15, -0.1) is 0 Å². The first-order valence-corrected chi connectivity index (χ1v) is 10.6. The monoisotopic (exact) mass is 326 g/mol. The maximum atomic E-state index is 12.3. The number of esters is 1. The van der Waals surface area contributed by atoms with Crippen LogP contribution < -0.4 is 0 Å². The topological polar surface area (TPSA) is 61.8 Å². The van der Waals surface area contributed by atoms with Gasteiger partial charge in [0.25, 0.3) is 0 Å². The van der Waals surface area contributed by atoms with Crippen molar-refractivity contribution in [3.8, 4) is 0 Å². The largest absolute Gasteiger partial charge is 0.472 e. The van der Waals surface area contributed by atoms with E-state index in [1.165, 1.54) is 13.4 Å². The maximum Gasteiger partial charge on any atom is 0.337 e. The van der Waals surface area contributed by atoms with E-state index in [0.29, 0.717) is 18.4 Å². The van der Waals surface area contributed by atoms with Crippen molar-refractivity contribution in [2.75, 3.05) is 7.11 Å². The predicted octanol–water partition coefficient (Wildman–Crippen LogP) is 3.02. The first kappa shape index (κ1) is 17.2. The predicted molar refractivity (Wildman–Crippen MR) is 84.5 cm³/mol. The van der Waals surface area contributed by atoms with Crippen LogP contribution in [0.4, 0.5) is 0 Å². The van der Waals surface area contributed by atoms with E-state index in [1.807, 2.05) is 0 Å². The fourth-order valence-corrected chi connectivity index (χ4v) is 3.89. The van der Waals surface area contributed by atoms with Crippen molar-refractivity contribution < 1.29 is 23.5 Å². The normalized spacial score (nSPS) is 28.7. The van der Waals surface area contributed by atoms with E-state index in [-0.39, 0.29) is 16.7 Å². The van der Waals surface area contributed by atoms with Crippen molar-refractivity contribution in [3.63, 3.8) is 0 Å². The highest BCUT2D eigenvalue weighted by Crippen LogP contribution is 2.45. The summed E-state index contributed by atoms with van der Waals surface area (Å²) in [7, 11) is -0.722. The number of fused-ring (bicyclic) bond motifs is 1. The molecule has 2 rings (SSSR count). The molecule has 3 atom stereocenters. The summed E-state index contributed by atoms with van der Waals surface area (Å²) in [6.07, 6.45) is 1.97. The molecule has 5 nitrogen and oxygen atoms in total. The lowest BCUT2D eigenvalue weighted by molar-refractivity contribution is -0.146. The van der Waals surface area contributed by atoms with E-state index < -0.39 is 26.5 Å². The molecule has 1 aliphatic heterocycles. The molecule has 1 fully saturated rings. The van der Waals surface area contributed by atoms with Crippen LogP contribution in [0.25, 0.3) is 0 Å². The molecule has 22 heavy (non-hydrogen) atoms. The van der Waals surface area contributed by atoms with Crippen LogP contribution in [0.3, 0.4) is 0 Å². The molecule has 0 amide bonds. The van der Waals surface area contributed by atoms with E-state index in [2.05, 4.69) is 33.9 Å². The Morgan fingerprint density at radius 3 is 2.55 bits per heavy atom. The highest BCUT2D eigenvalue weighted by molar-refractivity contribution is 6.74. The molecule has 1 aliphatic carbocycles. The summed E-state index contributed by atoms with van der Waals surface area (Å²) in [5.41, 5.74) is 0.452. The zero-order chi connectivity index (χ0) is 16.7. The van der Waals surface area contributed by atoms with Gasteiger partial charge in [0.1, 0.15) is 5.78 Å². The number of carbonyl (C=O) groups is 2. The Bertz CT molecular complexity index is 503. The van der Waals surface area contributed by atoms with Crippen molar-refractivity contribution >= 4 is 20.1 Å². The van der Waals surface area contributed by atoms with Crippen LogP contribution in [-0.2, 0) is 23.5 Å². The van der Waals surface area contributed by atoms with Gasteiger partial charge in [-0.3, -0.25) is 4.79 Å². The number of ketones is 1. The quantitative estimate of drug-likeness (QED) is 0.589. The minimum atomic E-state index is -2.06. The smallest absolute Gasteiger partial charge is 0.337 e. The lowest BCUT2D eigenvalue weighted by atomic mass is 9.87. The Balaban J connectivity index is 2.26. The van der Waals surface area contributed by atoms with Gasteiger partial charge in [-0.05, 0) is 24.6 Å². The molecule has 0 N–H and O–H groups in total. The molecule has 0 saturated heterocycles. The van der Waals surface area contributed by atoms with Crippen molar-refractivity contribution in [1.29, 1.82) is 0 Å². The molecular weight excluding hydrogens is 300 g/mol. The van der Waals surface area contributed by atoms with Crippen LogP contribution in [0.15, 0.2) is 11.8 Å². The van der Waals surface area contributed by atoms with E-state index in [9.17, 15) is 9.59 Å². The number of methoxy groups -OCH3 is 1. The first-order valence-electron chi connectivity index (χ1n) is 7.73. The SMILES string of the molecule is COC(=O)C1=COC(O[Si](C)(C)C(C)(C)C)[C@@H]2C(=O)CC[C@H]12. The molecule has 1 unspecified atom stereocenters. The lowest BCUT2D eigenvalue weighted by Gasteiger charge is -2.42. The molecule has 0 bridgehead atoms. The molecule has 0 aromatic heterocycles. The average Bonchev–Trinajstić information content (AvgIpc) is 2.79. The second-order valence-electron chi connectivity index (χ2n) is 7.58. The van der Waals surface area contributed by atoms with Crippen molar-refractivity contribution in [2.45, 2.75) is 58.0 Å². The van der Waals surface area contributed by atoms with Crippen molar-refractivity contribution in [2.24, 2.45) is 11.8 Å². The zero-order valence-electron chi connectivity index (χ0n) is 14.3. The fourth-order valence-electron chi connectivity index (χ4n) is 2.76. The van der Waals surface area contributed by atoms with Crippen LogP contribution in [0.5, 0.6) is 0 Å². The van der Waals surface area contributed by atoms with Gasteiger partial charge >= 0.3 is 5.97 Å². The molecule has 124 valence electrons. The van der Waals surface area contributed by atoms with Gasteiger partial charge in [-0.25, -0.2) is 4.79 Å². The second-order valence-corrected chi connectivity index (χ2v) is 12.3. The van der Waals surface area contributed by atoms with Gasteiger partial charge in [0.15, 0.2) is 14.6 Å². The Morgan fingerprint density at radius 1 is 1.36 bits per heavy atom. The molecule has 0 aromatic carbocycles. The number of rotatable bonds is 3. The molecule has 6 heteroatoms. The molecule has 0 spiro atoms. The second kappa shape index (κ2) is 5.81. The molecule has 1 saturated carbocycles. The summed E-state index contributed by atoms with van der Waals surface area (Å²) in [5, 5.41) is 0.0276.